The molecule has 1 heterocycles. The van der Waals surface area contributed by atoms with E-state index in [9.17, 15) is 18.0 Å². The highest BCUT2D eigenvalue weighted by molar-refractivity contribution is 8.13. The Bertz CT molecular complexity index is 974. The van der Waals surface area contributed by atoms with Gasteiger partial charge in [-0.05, 0) is 54.7 Å². The molecule has 1 fully saturated rings. The van der Waals surface area contributed by atoms with Gasteiger partial charge < -0.3 is 4.74 Å². The summed E-state index contributed by atoms with van der Waals surface area (Å²) >= 11 is 1.36. The van der Waals surface area contributed by atoms with Crippen LogP contribution in [-0.4, -0.2) is 34.9 Å². The molecule has 31 heavy (non-hydrogen) atoms. The zero-order valence-electron chi connectivity index (χ0n) is 17.7. The smallest absolute Gasteiger partial charge is 0.416 e. The molecule has 0 aromatic heterocycles. The van der Waals surface area contributed by atoms with Gasteiger partial charge in [-0.25, -0.2) is 4.99 Å². The molecule has 2 aromatic rings. The van der Waals surface area contributed by atoms with E-state index in [0.717, 1.165) is 35.4 Å². The van der Waals surface area contributed by atoms with Crippen molar-refractivity contribution in [1.82, 2.24) is 4.90 Å². The van der Waals surface area contributed by atoms with E-state index in [1.807, 2.05) is 25.1 Å². The fourth-order valence-electron chi connectivity index (χ4n) is 3.21. The minimum atomic E-state index is -4.44. The van der Waals surface area contributed by atoms with E-state index in [-0.39, 0.29) is 24.1 Å². The molecule has 2 aromatic carbocycles. The van der Waals surface area contributed by atoms with Crippen LogP contribution in [0.5, 0.6) is 5.75 Å². The predicted molar refractivity (Wildman–Crippen MR) is 118 cm³/mol. The normalized spacial score (nSPS) is 16.1. The van der Waals surface area contributed by atoms with Gasteiger partial charge in [-0.15, -0.1) is 0 Å². The zero-order valence-corrected chi connectivity index (χ0v) is 18.5. The SMILES string of the molecule is Cc1ccc(C(C)C)c(OCC(=O)N2CCCSC2=Nc2cccc(C(F)(F)F)c2)c1. The van der Waals surface area contributed by atoms with Gasteiger partial charge in [-0.1, -0.05) is 43.8 Å². The number of ether oxygens (including phenoxy) is 1. The molecule has 1 aliphatic rings. The lowest BCUT2D eigenvalue weighted by Gasteiger charge is -2.28. The molecule has 0 radical (unpaired) electrons. The lowest BCUT2D eigenvalue weighted by Crippen LogP contribution is -2.41. The van der Waals surface area contributed by atoms with Crippen LogP contribution in [0.25, 0.3) is 0 Å². The summed E-state index contributed by atoms with van der Waals surface area (Å²) in [4.78, 5) is 18.7. The van der Waals surface area contributed by atoms with E-state index in [0.29, 0.717) is 17.5 Å². The number of aliphatic imine (C=N–C) groups is 1. The number of hydrogen-bond acceptors (Lipinski definition) is 4. The molecular formula is C23H25F3N2O2S. The van der Waals surface area contributed by atoms with Gasteiger partial charge in [0.1, 0.15) is 5.75 Å². The number of alkyl halides is 3. The maximum atomic E-state index is 13.0. The summed E-state index contributed by atoms with van der Waals surface area (Å²) in [5, 5.41) is 0.396. The van der Waals surface area contributed by atoms with E-state index in [1.165, 1.54) is 28.8 Å². The predicted octanol–water partition coefficient (Wildman–Crippen LogP) is 6.17. The minimum Gasteiger partial charge on any atom is -0.483 e. The first kappa shape index (κ1) is 23.2. The van der Waals surface area contributed by atoms with Crippen LogP contribution in [0.1, 0.15) is 42.9 Å². The third-order valence-corrected chi connectivity index (χ3v) is 5.89. The molecule has 0 bridgehead atoms. The summed E-state index contributed by atoms with van der Waals surface area (Å²) < 4.78 is 44.8. The van der Waals surface area contributed by atoms with Crippen LogP contribution >= 0.6 is 11.8 Å². The third kappa shape index (κ3) is 6.03. The van der Waals surface area contributed by atoms with E-state index in [2.05, 4.69) is 18.8 Å². The highest BCUT2D eigenvalue weighted by Gasteiger charge is 2.31. The highest BCUT2D eigenvalue weighted by Crippen LogP contribution is 2.32. The number of aryl methyl sites for hydroxylation is 1. The van der Waals surface area contributed by atoms with Crippen LogP contribution in [0.3, 0.4) is 0 Å². The fraction of sp³-hybridized carbons (Fsp3) is 0.391. The van der Waals surface area contributed by atoms with Crippen molar-refractivity contribution in [2.75, 3.05) is 18.9 Å². The first-order chi connectivity index (χ1) is 14.6. The number of benzene rings is 2. The number of amidine groups is 1. The number of hydrogen-bond donors (Lipinski definition) is 0. The Labute approximate surface area is 184 Å². The average molecular weight is 451 g/mol. The van der Waals surface area contributed by atoms with Gasteiger partial charge in [0.25, 0.3) is 5.91 Å². The topological polar surface area (TPSA) is 41.9 Å². The Morgan fingerprint density at radius 3 is 2.71 bits per heavy atom. The number of halogens is 3. The number of amides is 1. The second-order valence-corrected chi connectivity index (χ2v) is 8.74. The Kier molecular flexibility index (Phi) is 7.30. The zero-order chi connectivity index (χ0) is 22.6. The number of carbonyl (C=O) groups is 1. The van der Waals surface area contributed by atoms with Crippen LogP contribution in [0.4, 0.5) is 18.9 Å². The van der Waals surface area contributed by atoms with Crippen molar-refractivity contribution in [1.29, 1.82) is 0 Å². The van der Waals surface area contributed by atoms with Gasteiger partial charge in [0.15, 0.2) is 11.8 Å². The summed E-state index contributed by atoms with van der Waals surface area (Å²) in [5.74, 6) is 1.39. The van der Waals surface area contributed by atoms with Gasteiger partial charge >= 0.3 is 6.18 Å². The highest BCUT2D eigenvalue weighted by atomic mass is 32.2. The van der Waals surface area contributed by atoms with Crippen molar-refractivity contribution in [3.8, 4) is 5.75 Å². The van der Waals surface area contributed by atoms with Crippen LogP contribution < -0.4 is 4.74 Å². The molecule has 0 N–H and O–H groups in total. The van der Waals surface area contributed by atoms with Crippen molar-refractivity contribution in [2.45, 2.75) is 39.3 Å². The molecule has 0 spiro atoms. The van der Waals surface area contributed by atoms with E-state index < -0.39 is 11.7 Å². The minimum absolute atomic E-state index is 0.161. The van der Waals surface area contributed by atoms with Crippen LogP contribution in [0.2, 0.25) is 0 Å². The maximum absolute atomic E-state index is 13.0. The van der Waals surface area contributed by atoms with Crippen molar-refractivity contribution >= 4 is 28.5 Å². The number of thioether (sulfide) groups is 1. The molecule has 3 rings (SSSR count). The summed E-state index contributed by atoms with van der Waals surface area (Å²) in [6, 6.07) is 10.7. The maximum Gasteiger partial charge on any atom is 0.416 e. The fourth-order valence-corrected chi connectivity index (χ4v) is 4.18. The first-order valence-electron chi connectivity index (χ1n) is 10.1. The summed E-state index contributed by atoms with van der Waals surface area (Å²) in [5.41, 5.74) is 1.45. The van der Waals surface area contributed by atoms with Gasteiger partial charge in [0, 0.05) is 12.3 Å². The standard InChI is InChI=1S/C23H25F3N2O2S/c1-15(2)19-9-8-16(3)12-20(19)30-14-21(29)28-10-5-11-31-22(28)27-18-7-4-6-17(13-18)23(24,25)26/h4,6-9,12-13,15H,5,10-11,14H2,1-3H3. The van der Waals surface area contributed by atoms with Crippen LogP contribution in [0, 0.1) is 6.92 Å². The summed E-state index contributed by atoms with van der Waals surface area (Å²) in [6.07, 6.45) is -3.67. The Morgan fingerprint density at radius 2 is 2.00 bits per heavy atom. The largest absolute Gasteiger partial charge is 0.483 e. The molecule has 0 unspecified atom stereocenters. The van der Waals surface area contributed by atoms with Crippen LogP contribution in [0.15, 0.2) is 47.5 Å². The second kappa shape index (κ2) is 9.77. The number of nitrogens with zero attached hydrogens (tertiary/aromatic N) is 2. The molecular weight excluding hydrogens is 425 g/mol. The summed E-state index contributed by atoms with van der Waals surface area (Å²) in [7, 11) is 0. The van der Waals surface area contributed by atoms with E-state index in [4.69, 9.17) is 4.74 Å². The molecule has 1 amide bonds. The molecule has 4 nitrogen and oxygen atoms in total. The van der Waals surface area contributed by atoms with Gasteiger partial charge in [-0.2, -0.15) is 13.2 Å². The molecule has 1 saturated heterocycles. The monoisotopic (exact) mass is 450 g/mol. The van der Waals surface area contributed by atoms with Gasteiger partial charge in [0.2, 0.25) is 0 Å². The molecule has 1 aliphatic heterocycles. The first-order valence-corrected chi connectivity index (χ1v) is 11.1. The Hall–Kier alpha value is -2.48. The van der Waals surface area contributed by atoms with Gasteiger partial charge in [0.05, 0.1) is 11.3 Å². The second-order valence-electron chi connectivity index (χ2n) is 7.67. The molecule has 166 valence electrons. The average Bonchev–Trinajstić information content (AvgIpc) is 2.72. The van der Waals surface area contributed by atoms with Crippen molar-refractivity contribution < 1.29 is 22.7 Å². The molecule has 0 atom stereocenters. The Balaban J connectivity index is 1.77. The van der Waals surface area contributed by atoms with Gasteiger partial charge in [-0.3, -0.25) is 9.69 Å². The Morgan fingerprint density at radius 1 is 1.23 bits per heavy atom. The van der Waals surface area contributed by atoms with Crippen molar-refractivity contribution in [3.63, 3.8) is 0 Å². The summed E-state index contributed by atoms with van der Waals surface area (Å²) in [6.45, 7) is 6.37. The number of carbonyl (C=O) groups excluding carboxylic acids is 1. The molecule has 0 aliphatic carbocycles. The molecule has 8 heteroatoms. The van der Waals surface area contributed by atoms with Crippen LogP contribution in [-0.2, 0) is 11.0 Å². The van der Waals surface area contributed by atoms with E-state index >= 15 is 0 Å². The van der Waals surface area contributed by atoms with Crippen molar-refractivity contribution in [2.24, 2.45) is 4.99 Å². The molecule has 0 saturated carbocycles. The quantitative estimate of drug-likeness (QED) is 0.547. The van der Waals surface area contributed by atoms with E-state index in [1.54, 1.807) is 0 Å². The lowest BCUT2D eigenvalue weighted by molar-refractivity contribution is -0.137. The third-order valence-electron chi connectivity index (χ3n) is 4.83. The van der Waals surface area contributed by atoms with Crippen molar-refractivity contribution in [3.05, 3.63) is 59.2 Å². The lowest BCUT2D eigenvalue weighted by atomic mass is 10.0. The number of rotatable bonds is 5.